The van der Waals surface area contributed by atoms with Crippen LogP contribution < -0.4 is 5.32 Å². The van der Waals surface area contributed by atoms with E-state index in [0.29, 0.717) is 6.04 Å². The highest BCUT2D eigenvalue weighted by molar-refractivity contribution is 5.28. The summed E-state index contributed by atoms with van der Waals surface area (Å²) in [5, 5.41) is 3.76. The summed E-state index contributed by atoms with van der Waals surface area (Å²) >= 11 is 0. The van der Waals surface area contributed by atoms with Crippen molar-refractivity contribution >= 4 is 0 Å². The minimum Gasteiger partial charge on any atom is -0.311 e. The van der Waals surface area contributed by atoms with Crippen molar-refractivity contribution in [3.63, 3.8) is 0 Å². The minimum absolute atomic E-state index is 0.224. The maximum absolute atomic E-state index is 3.76. The molecule has 0 spiro atoms. The smallest absolute Gasteiger partial charge is 0.0281 e. The Morgan fingerprint density at radius 2 is 1.86 bits per heavy atom. The van der Waals surface area contributed by atoms with Crippen molar-refractivity contribution in [3.05, 3.63) is 34.9 Å². The van der Waals surface area contributed by atoms with Crippen LogP contribution in [0, 0.1) is 19.8 Å². The molecule has 1 fully saturated rings. The van der Waals surface area contributed by atoms with Gasteiger partial charge in [-0.05, 0) is 39.2 Å². The number of rotatable bonds is 4. The summed E-state index contributed by atoms with van der Waals surface area (Å²) < 4.78 is 0. The van der Waals surface area contributed by atoms with Crippen molar-refractivity contribution < 1.29 is 0 Å². The van der Waals surface area contributed by atoms with Crippen LogP contribution in [0.1, 0.15) is 50.8 Å². The lowest BCUT2D eigenvalue weighted by molar-refractivity contribution is 0.0448. The lowest BCUT2D eigenvalue weighted by Crippen LogP contribution is -2.62. The molecule has 1 saturated heterocycles. The molecule has 1 heterocycles. The van der Waals surface area contributed by atoms with E-state index < -0.39 is 0 Å². The molecule has 1 aliphatic rings. The molecular weight excluding hydrogens is 256 g/mol. The van der Waals surface area contributed by atoms with Crippen molar-refractivity contribution in [3.8, 4) is 0 Å². The maximum atomic E-state index is 3.76. The maximum Gasteiger partial charge on any atom is 0.0281 e. The summed E-state index contributed by atoms with van der Waals surface area (Å²) in [7, 11) is 0. The molecule has 2 unspecified atom stereocenters. The fraction of sp³-hybridized carbons (Fsp3) is 0.684. The molecule has 0 bridgehead atoms. The lowest BCUT2D eigenvalue weighted by atomic mass is 9.90. The van der Waals surface area contributed by atoms with Crippen molar-refractivity contribution in [2.24, 2.45) is 5.92 Å². The summed E-state index contributed by atoms with van der Waals surface area (Å²) in [5.74, 6) is 0.739. The SMILES string of the molecule is CCC(C)C1CN(Cc2cc(C)cc(C)c2)C(C)(C)CN1. The van der Waals surface area contributed by atoms with Crippen LogP contribution in [0.15, 0.2) is 18.2 Å². The number of aryl methyl sites for hydroxylation is 2. The Hall–Kier alpha value is -0.860. The van der Waals surface area contributed by atoms with Crippen LogP contribution in [0.3, 0.4) is 0 Å². The van der Waals surface area contributed by atoms with Crippen LogP contribution in [0.25, 0.3) is 0 Å². The monoisotopic (exact) mass is 288 g/mol. The largest absolute Gasteiger partial charge is 0.311 e. The van der Waals surface area contributed by atoms with Crippen LogP contribution in [0.5, 0.6) is 0 Å². The zero-order valence-corrected chi connectivity index (χ0v) is 14.7. The van der Waals surface area contributed by atoms with E-state index in [9.17, 15) is 0 Å². The first-order valence-electron chi connectivity index (χ1n) is 8.37. The van der Waals surface area contributed by atoms with E-state index in [-0.39, 0.29) is 5.54 Å². The van der Waals surface area contributed by atoms with Gasteiger partial charge in [0.15, 0.2) is 0 Å². The van der Waals surface area contributed by atoms with Crippen LogP contribution >= 0.6 is 0 Å². The van der Waals surface area contributed by atoms with Crippen LogP contribution in [-0.2, 0) is 6.54 Å². The first kappa shape index (κ1) is 16.5. The molecule has 2 heteroatoms. The van der Waals surface area contributed by atoms with Gasteiger partial charge in [0.25, 0.3) is 0 Å². The van der Waals surface area contributed by atoms with Gasteiger partial charge in [0.05, 0.1) is 0 Å². The van der Waals surface area contributed by atoms with Gasteiger partial charge in [-0.3, -0.25) is 4.90 Å². The van der Waals surface area contributed by atoms with Crippen LogP contribution in [-0.4, -0.2) is 29.6 Å². The van der Waals surface area contributed by atoms with Gasteiger partial charge in [0, 0.05) is 31.2 Å². The highest BCUT2D eigenvalue weighted by Gasteiger charge is 2.35. The fourth-order valence-corrected chi connectivity index (χ4v) is 3.37. The van der Waals surface area contributed by atoms with Gasteiger partial charge in [0.1, 0.15) is 0 Å². The zero-order chi connectivity index (χ0) is 15.6. The summed E-state index contributed by atoms with van der Waals surface area (Å²) in [6, 6.07) is 7.55. The Kier molecular flexibility index (Phi) is 5.11. The van der Waals surface area contributed by atoms with Gasteiger partial charge in [-0.15, -0.1) is 0 Å². The Balaban J connectivity index is 2.14. The molecule has 0 aromatic heterocycles. The van der Waals surface area contributed by atoms with Crippen molar-refractivity contribution in [2.45, 2.75) is 66.1 Å². The van der Waals surface area contributed by atoms with Gasteiger partial charge in [0.2, 0.25) is 0 Å². The molecule has 1 aliphatic heterocycles. The van der Waals surface area contributed by atoms with E-state index in [1.54, 1.807) is 0 Å². The number of benzene rings is 1. The molecular formula is C19H32N2. The third kappa shape index (κ3) is 4.08. The van der Waals surface area contributed by atoms with Crippen molar-refractivity contribution in [2.75, 3.05) is 13.1 Å². The molecule has 1 aromatic carbocycles. The summed E-state index contributed by atoms with van der Waals surface area (Å²) in [4.78, 5) is 2.66. The van der Waals surface area contributed by atoms with Gasteiger partial charge in [-0.1, -0.05) is 49.6 Å². The molecule has 1 aromatic rings. The molecule has 21 heavy (non-hydrogen) atoms. The molecule has 0 amide bonds. The van der Waals surface area contributed by atoms with Crippen LogP contribution in [0.2, 0.25) is 0 Å². The summed E-state index contributed by atoms with van der Waals surface area (Å²) in [5.41, 5.74) is 4.42. The second-order valence-electron chi connectivity index (χ2n) is 7.56. The highest BCUT2D eigenvalue weighted by atomic mass is 15.3. The van der Waals surface area contributed by atoms with E-state index in [0.717, 1.165) is 25.6 Å². The quantitative estimate of drug-likeness (QED) is 0.904. The zero-order valence-electron chi connectivity index (χ0n) is 14.7. The topological polar surface area (TPSA) is 15.3 Å². The Morgan fingerprint density at radius 1 is 1.24 bits per heavy atom. The Morgan fingerprint density at radius 3 is 2.43 bits per heavy atom. The summed E-state index contributed by atoms with van der Waals surface area (Å²) in [6.45, 7) is 17.0. The van der Waals surface area contributed by atoms with E-state index in [4.69, 9.17) is 0 Å². The highest BCUT2D eigenvalue weighted by Crippen LogP contribution is 2.25. The normalized spacial score (nSPS) is 24.0. The fourth-order valence-electron chi connectivity index (χ4n) is 3.37. The van der Waals surface area contributed by atoms with Gasteiger partial charge < -0.3 is 5.32 Å². The number of nitrogens with one attached hydrogen (secondary N) is 1. The molecule has 0 aliphatic carbocycles. The predicted molar refractivity (Wildman–Crippen MR) is 91.7 cm³/mol. The molecule has 118 valence electrons. The van der Waals surface area contributed by atoms with Crippen molar-refractivity contribution in [1.29, 1.82) is 0 Å². The molecule has 1 N–H and O–H groups in total. The van der Waals surface area contributed by atoms with Crippen molar-refractivity contribution in [1.82, 2.24) is 10.2 Å². The molecule has 0 saturated carbocycles. The van der Waals surface area contributed by atoms with Gasteiger partial charge >= 0.3 is 0 Å². The average Bonchev–Trinajstić information content (AvgIpc) is 2.39. The predicted octanol–water partition coefficient (Wildman–Crippen LogP) is 3.90. The second kappa shape index (κ2) is 6.50. The Labute approximate surface area is 130 Å². The van der Waals surface area contributed by atoms with Gasteiger partial charge in [-0.2, -0.15) is 0 Å². The molecule has 2 rings (SSSR count). The first-order chi connectivity index (χ1) is 9.81. The summed E-state index contributed by atoms with van der Waals surface area (Å²) in [6.07, 6.45) is 1.25. The molecule has 0 radical (unpaired) electrons. The standard InChI is InChI=1S/C19H32N2/c1-7-16(4)18-12-21(19(5,6)13-20-18)11-17-9-14(2)8-15(3)10-17/h8-10,16,18,20H,7,11-13H2,1-6H3. The van der Waals surface area contributed by atoms with Gasteiger partial charge in [-0.25, -0.2) is 0 Å². The lowest BCUT2D eigenvalue weighted by Gasteiger charge is -2.47. The van der Waals surface area contributed by atoms with Crippen LogP contribution in [0.4, 0.5) is 0 Å². The Bertz CT molecular complexity index is 458. The van der Waals surface area contributed by atoms with E-state index in [1.165, 1.54) is 23.1 Å². The first-order valence-corrected chi connectivity index (χ1v) is 8.37. The number of hydrogen-bond acceptors (Lipinski definition) is 2. The second-order valence-corrected chi connectivity index (χ2v) is 7.56. The third-order valence-corrected chi connectivity index (χ3v) is 5.06. The van der Waals surface area contributed by atoms with E-state index in [2.05, 4.69) is 70.0 Å². The number of nitrogens with zero attached hydrogens (tertiary/aromatic N) is 1. The third-order valence-electron chi connectivity index (χ3n) is 5.06. The van der Waals surface area contributed by atoms with E-state index in [1.807, 2.05) is 0 Å². The van der Waals surface area contributed by atoms with E-state index >= 15 is 0 Å². The number of piperazine rings is 1. The molecule has 2 nitrogen and oxygen atoms in total. The molecule has 2 atom stereocenters. The number of hydrogen-bond donors (Lipinski definition) is 1. The minimum atomic E-state index is 0.224. The average molecular weight is 288 g/mol.